The Bertz CT molecular complexity index is 507. The zero-order valence-corrected chi connectivity index (χ0v) is 13.0. The molecule has 0 saturated carbocycles. The summed E-state index contributed by atoms with van der Waals surface area (Å²) in [6.45, 7) is 6.57. The third kappa shape index (κ3) is 3.00. The number of ether oxygens (including phenoxy) is 2. The van der Waals surface area contributed by atoms with Crippen LogP contribution in [-0.2, 0) is 4.74 Å². The van der Waals surface area contributed by atoms with Gasteiger partial charge in [0.05, 0.1) is 12.7 Å². The van der Waals surface area contributed by atoms with Gasteiger partial charge in [-0.15, -0.1) is 11.3 Å². The van der Waals surface area contributed by atoms with E-state index in [0.717, 1.165) is 31.1 Å². The number of hydrogen-bond donors (Lipinski definition) is 1. The highest BCUT2D eigenvalue weighted by Gasteiger charge is 2.29. The molecule has 1 aliphatic rings. The maximum Gasteiger partial charge on any atom is 0.178 e. The van der Waals surface area contributed by atoms with E-state index in [9.17, 15) is 0 Å². The Hall–Kier alpha value is -1.45. The molecule has 0 aliphatic carbocycles. The van der Waals surface area contributed by atoms with Crippen molar-refractivity contribution in [3.05, 3.63) is 4.88 Å². The Morgan fingerprint density at radius 3 is 2.90 bits per heavy atom. The Balaban J connectivity index is 2.25. The minimum Gasteiger partial charge on any atom is -0.486 e. The number of anilines is 2. The van der Waals surface area contributed by atoms with Crippen molar-refractivity contribution in [2.24, 2.45) is 5.92 Å². The van der Waals surface area contributed by atoms with E-state index in [1.807, 2.05) is 13.8 Å². The Labute approximate surface area is 123 Å². The maximum atomic E-state index is 9.16. The first-order valence-corrected chi connectivity index (χ1v) is 7.61. The van der Waals surface area contributed by atoms with Crippen molar-refractivity contribution in [3.63, 3.8) is 0 Å². The van der Waals surface area contributed by atoms with Gasteiger partial charge in [-0.3, -0.25) is 0 Å². The first kappa shape index (κ1) is 14.9. The van der Waals surface area contributed by atoms with Crippen molar-refractivity contribution in [1.29, 1.82) is 5.26 Å². The third-order valence-electron chi connectivity index (χ3n) is 3.31. The van der Waals surface area contributed by atoms with Gasteiger partial charge in [0.25, 0.3) is 0 Å². The second-order valence-electron chi connectivity index (χ2n) is 5.31. The Morgan fingerprint density at radius 2 is 2.30 bits per heavy atom. The number of thiophene rings is 1. The average Bonchev–Trinajstić information content (AvgIpc) is 2.96. The third-order valence-corrected chi connectivity index (χ3v) is 4.47. The van der Waals surface area contributed by atoms with Gasteiger partial charge in [-0.25, -0.2) is 0 Å². The molecular weight excluding hydrogens is 274 g/mol. The van der Waals surface area contributed by atoms with Crippen LogP contribution in [0.3, 0.4) is 0 Å². The molecule has 20 heavy (non-hydrogen) atoms. The molecule has 2 heterocycles. The molecule has 1 fully saturated rings. The highest BCUT2D eigenvalue weighted by atomic mass is 32.1. The molecule has 1 aliphatic heterocycles. The van der Waals surface area contributed by atoms with E-state index < -0.39 is 0 Å². The van der Waals surface area contributed by atoms with Gasteiger partial charge >= 0.3 is 0 Å². The van der Waals surface area contributed by atoms with Crippen LogP contribution in [-0.4, -0.2) is 32.9 Å². The number of nitriles is 1. The van der Waals surface area contributed by atoms with E-state index >= 15 is 0 Å². The molecule has 2 rings (SSSR count). The molecule has 1 aromatic heterocycles. The van der Waals surface area contributed by atoms with E-state index in [1.165, 1.54) is 11.3 Å². The topological polar surface area (TPSA) is 71.5 Å². The zero-order chi connectivity index (χ0) is 14.7. The molecule has 0 aromatic carbocycles. The lowest BCUT2D eigenvalue weighted by Crippen LogP contribution is -2.21. The van der Waals surface area contributed by atoms with Crippen molar-refractivity contribution in [2.75, 3.05) is 37.4 Å². The summed E-state index contributed by atoms with van der Waals surface area (Å²) >= 11 is 1.42. The molecule has 0 spiro atoms. The average molecular weight is 295 g/mol. The van der Waals surface area contributed by atoms with Crippen molar-refractivity contribution in [2.45, 2.75) is 26.4 Å². The van der Waals surface area contributed by atoms with Crippen molar-refractivity contribution >= 4 is 22.0 Å². The van der Waals surface area contributed by atoms with Crippen LogP contribution in [0.15, 0.2) is 0 Å². The number of methoxy groups -OCH3 is 1. The van der Waals surface area contributed by atoms with E-state index in [4.69, 9.17) is 20.5 Å². The first-order valence-electron chi connectivity index (χ1n) is 6.79. The van der Waals surface area contributed by atoms with Crippen molar-refractivity contribution in [1.82, 2.24) is 0 Å². The minimum atomic E-state index is 0.0366. The van der Waals surface area contributed by atoms with E-state index in [2.05, 4.69) is 11.0 Å². The van der Waals surface area contributed by atoms with Gasteiger partial charge in [0.15, 0.2) is 5.75 Å². The van der Waals surface area contributed by atoms with E-state index in [1.54, 1.807) is 7.11 Å². The van der Waals surface area contributed by atoms with Gasteiger partial charge < -0.3 is 20.1 Å². The number of rotatable bonds is 5. The van der Waals surface area contributed by atoms with Gasteiger partial charge in [-0.2, -0.15) is 5.26 Å². The van der Waals surface area contributed by atoms with Crippen LogP contribution >= 0.6 is 11.3 Å². The highest BCUT2D eigenvalue weighted by Crippen LogP contribution is 2.46. The number of nitrogen functional groups attached to an aromatic ring is 1. The Morgan fingerprint density at radius 1 is 1.55 bits per heavy atom. The van der Waals surface area contributed by atoms with Gasteiger partial charge in [0, 0.05) is 26.1 Å². The summed E-state index contributed by atoms with van der Waals surface area (Å²) in [5, 5.41) is 10.1. The molecule has 0 amide bonds. The molecular formula is C14H21N3O2S. The lowest BCUT2D eigenvalue weighted by atomic mass is 10.1. The van der Waals surface area contributed by atoms with Crippen LogP contribution in [0, 0.1) is 17.2 Å². The van der Waals surface area contributed by atoms with Crippen molar-refractivity contribution in [3.8, 4) is 11.8 Å². The summed E-state index contributed by atoms with van der Waals surface area (Å²) in [7, 11) is 1.73. The van der Waals surface area contributed by atoms with Gasteiger partial charge in [-0.1, -0.05) is 0 Å². The van der Waals surface area contributed by atoms with Crippen molar-refractivity contribution < 1.29 is 9.47 Å². The number of hydrogen-bond acceptors (Lipinski definition) is 6. The molecule has 6 heteroatoms. The maximum absolute atomic E-state index is 9.16. The fraction of sp³-hybridized carbons (Fsp3) is 0.643. The number of nitrogens with zero attached hydrogens (tertiary/aromatic N) is 2. The summed E-state index contributed by atoms with van der Waals surface area (Å²) in [5.41, 5.74) is 6.50. The van der Waals surface area contributed by atoms with E-state index in [0.29, 0.717) is 22.2 Å². The summed E-state index contributed by atoms with van der Waals surface area (Å²) in [6.07, 6.45) is 1.13. The van der Waals surface area contributed by atoms with Gasteiger partial charge in [0.1, 0.15) is 21.6 Å². The second-order valence-corrected chi connectivity index (χ2v) is 6.31. The molecule has 2 N–H and O–H groups in total. The van der Waals surface area contributed by atoms with E-state index in [-0.39, 0.29) is 6.10 Å². The summed E-state index contributed by atoms with van der Waals surface area (Å²) in [6, 6.07) is 2.15. The molecule has 1 atom stereocenters. The summed E-state index contributed by atoms with van der Waals surface area (Å²) in [5.74, 6) is 1.19. The Kier molecular flexibility index (Phi) is 4.73. The lowest BCUT2D eigenvalue weighted by molar-refractivity contribution is 0.161. The first-order chi connectivity index (χ1) is 9.56. The summed E-state index contributed by atoms with van der Waals surface area (Å²) in [4.78, 5) is 2.79. The SMILES string of the molecule is COCC1CCN(c2sc(C#N)c(N)c2OC(C)C)C1. The molecule has 1 aromatic rings. The molecule has 110 valence electrons. The largest absolute Gasteiger partial charge is 0.486 e. The standard InChI is InChI=1S/C14H21N3O2S/c1-9(2)19-13-12(16)11(6-15)20-14(13)17-5-4-10(7-17)8-18-3/h9-10H,4-5,7-8,16H2,1-3H3. The van der Waals surface area contributed by atoms with Gasteiger partial charge in [0.2, 0.25) is 0 Å². The van der Waals surface area contributed by atoms with Crippen LogP contribution in [0.5, 0.6) is 5.75 Å². The minimum absolute atomic E-state index is 0.0366. The fourth-order valence-corrected chi connectivity index (χ4v) is 3.43. The predicted octanol–water partition coefficient (Wildman–Crippen LogP) is 2.46. The number of nitrogens with two attached hydrogens (primary N) is 1. The van der Waals surface area contributed by atoms with Crippen LogP contribution < -0.4 is 15.4 Å². The molecule has 1 saturated heterocycles. The zero-order valence-electron chi connectivity index (χ0n) is 12.2. The van der Waals surface area contributed by atoms with Gasteiger partial charge in [-0.05, 0) is 20.3 Å². The second kappa shape index (κ2) is 6.33. The molecule has 5 nitrogen and oxygen atoms in total. The normalized spacial score (nSPS) is 18.6. The predicted molar refractivity (Wildman–Crippen MR) is 81.4 cm³/mol. The fourth-order valence-electron chi connectivity index (χ4n) is 2.45. The van der Waals surface area contributed by atoms with Crippen LogP contribution in [0.25, 0.3) is 0 Å². The van der Waals surface area contributed by atoms with Crippen LogP contribution in [0.4, 0.5) is 10.7 Å². The van der Waals surface area contributed by atoms with Crippen LogP contribution in [0.2, 0.25) is 0 Å². The monoisotopic (exact) mass is 295 g/mol. The molecule has 0 radical (unpaired) electrons. The lowest BCUT2D eigenvalue weighted by Gasteiger charge is -2.20. The molecule has 0 bridgehead atoms. The molecule has 1 unspecified atom stereocenters. The summed E-state index contributed by atoms with van der Waals surface area (Å²) < 4.78 is 11.1. The highest BCUT2D eigenvalue weighted by molar-refractivity contribution is 7.17. The quantitative estimate of drug-likeness (QED) is 0.903. The smallest absolute Gasteiger partial charge is 0.178 e. The van der Waals surface area contributed by atoms with Crippen LogP contribution in [0.1, 0.15) is 25.1 Å².